The van der Waals surface area contributed by atoms with Gasteiger partial charge >= 0.3 is 18.0 Å². The van der Waals surface area contributed by atoms with Gasteiger partial charge in [0.1, 0.15) is 17.2 Å². The van der Waals surface area contributed by atoms with Crippen molar-refractivity contribution < 1.29 is 90.8 Å². The van der Waals surface area contributed by atoms with E-state index in [4.69, 9.17) is 52.5 Å². The summed E-state index contributed by atoms with van der Waals surface area (Å²) in [7, 11) is 0. The fourth-order valence-corrected chi connectivity index (χ4v) is 4.35. The third kappa shape index (κ3) is 42.9. The molecule has 0 aromatic heterocycles. The van der Waals surface area contributed by atoms with E-state index in [0.717, 1.165) is 0 Å². The third-order valence-electron chi connectivity index (χ3n) is 7.19. The van der Waals surface area contributed by atoms with E-state index in [0.29, 0.717) is 92.5 Å². The summed E-state index contributed by atoms with van der Waals surface area (Å²) in [5.74, 6) is -5.21. The number of carbonyl (C=O) groups excluding carboxylic acids is 7. The van der Waals surface area contributed by atoms with Crippen LogP contribution in [0.25, 0.3) is 0 Å². The highest BCUT2D eigenvalue weighted by atomic mass is 16.6. The third-order valence-corrected chi connectivity index (χ3v) is 7.19. The molecule has 0 aromatic carbocycles. The minimum Gasteiger partial charge on any atom is -0.481 e. The lowest BCUT2D eigenvalue weighted by atomic mass is 10.1. The van der Waals surface area contributed by atoms with Gasteiger partial charge in [-0.3, -0.25) is 33.6 Å². The molecule has 0 fully saturated rings. The first-order chi connectivity index (χ1) is 30.8. The van der Waals surface area contributed by atoms with Crippen LogP contribution in [-0.4, -0.2) is 208 Å². The van der Waals surface area contributed by atoms with Crippen LogP contribution in [0, 0.1) is 0 Å². The van der Waals surface area contributed by atoms with Crippen molar-refractivity contribution >= 4 is 47.6 Å². The van der Waals surface area contributed by atoms with Gasteiger partial charge in [-0.2, -0.15) is 0 Å². The smallest absolute Gasteiger partial charge is 0.408 e. The highest BCUT2D eigenvalue weighted by molar-refractivity contribution is 5.93. The zero-order valence-electron chi connectivity index (χ0n) is 38.6. The number of ether oxygens (including phenoxy) is 10. The Morgan fingerprint density at radius 3 is 1.11 bits per heavy atom. The van der Waals surface area contributed by atoms with E-state index >= 15 is 0 Å². The normalized spacial score (nSPS) is 11.8. The van der Waals surface area contributed by atoms with Gasteiger partial charge in [0.2, 0.25) is 29.5 Å². The van der Waals surface area contributed by atoms with Gasteiger partial charge in [0.15, 0.2) is 0 Å². The standard InChI is InChI=1S/C40H72N6O19/c1-39(2,3)64-36(53)25-30(46-38(55)65-40(4,5)6)37(54)45-29-34(50)44-28-33(49)43-27-32(48)42-26-31(47)41-8-10-57-12-14-59-16-18-61-20-22-63-24-23-62-21-19-60-17-15-58-13-11-56-9-7-35(51)52/h30H,7-29H2,1-6H3,(H,41,47)(H,42,48)(H,43,49)(H,44,50)(H,45,54)(H,46,55)(H,51,52)/t30-/m0/s1. The van der Waals surface area contributed by atoms with Gasteiger partial charge in [-0.15, -0.1) is 0 Å². The summed E-state index contributed by atoms with van der Waals surface area (Å²) in [6, 6.07) is -1.43. The predicted molar refractivity (Wildman–Crippen MR) is 227 cm³/mol. The molecule has 0 aliphatic rings. The Bertz CT molecular complexity index is 1360. The van der Waals surface area contributed by atoms with E-state index in [1.54, 1.807) is 41.5 Å². The number of amides is 6. The van der Waals surface area contributed by atoms with Gasteiger partial charge in [0.05, 0.1) is 145 Å². The minimum absolute atomic E-state index is 0.0308. The molecule has 0 saturated carbocycles. The fourth-order valence-electron chi connectivity index (χ4n) is 4.35. The van der Waals surface area contributed by atoms with E-state index in [-0.39, 0.29) is 32.7 Å². The number of rotatable bonds is 39. The van der Waals surface area contributed by atoms with Gasteiger partial charge in [-0.25, -0.2) is 4.79 Å². The van der Waals surface area contributed by atoms with E-state index in [2.05, 4.69) is 31.9 Å². The molecule has 25 heteroatoms. The summed E-state index contributed by atoms with van der Waals surface area (Å²) < 4.78 is 53.3. The fraction of sp³-hybridized carbons (Fsp3) is 0.800. The minimum atomic E-state index is -1.43. The molecule has 0 aliphatic carbocycles. The van der Waals surface area contributed by atoms with Crippen LogP contribution in [0.1, 0.15) is 54.4 Å². The number of esters is 1. The molecular weight excluding hydrogens is 868 g/mol. The molecule has 0 saturated heterocycles. The van der Waals surface area contributed by atoms with Crippen molar-refractivity contribution in [2.75, 3.05) is 138 Å². The molecular formula is C40H72N6O19. The Kier molecular flexibility index (Phi) is 34.7. The van der Waals surface area contributed by atoms with Crippen LogP contribution in [0.2, 0.25) is 0 Å². The van der Waals surface area contributed by atoms with Gasteiger partial charge in [-0.1, -0.05) is 0 Å². The van der Waals surface area contributed by atoms with Crippen molar-refractivity contribution in [2.24, 2.45) is 0 Å². The second-order valence-corrected chi connectivity index (χ2v) is 15.4. The molecule has 0 aromatic rings. The van der Waals surface area contributed by atoms with E-state index in [1.807, 2.05) is 0 Å². The number of aliphatic carboxylic acids is 1. The second-order valence-electron chi connectivity index (χ2n) is 15.4. The monoisotopic (exact) mass is 940 g/mol. The number of nitrogens with one attached hydrogen (secondary N) is 6. The van der Waals surface area contributed by atoms with Crippen LogP contribution in [-0.2, 0) is 80.9 Å². The van der Waals surface area contributed by atoms with Crippen LogP contribution in [0.4, 0.5) is 4.79 Å². The SMILES string of the molecule is CC(C)(C)OC(=O)C[C@H](NC(=O)OC(C)(C)C)C(=O)NCC(=O)NCC(=O)NCC(=O)NCC(=O)NCCOCCOCCOCCOCCOCCOCCOCCOCCC(=O)O. The topological polar surface area (TPSA) is 321 Å². The second kappa shape index (κ2) is 37.5. The lowest BCUT2D eigenvalue weighted by Gasteiger charge is -2.24. The lowest BCUT2D eigenvalue weighted by Crippen LogP contribution is -2.51. The number of carboxylic acid groups (broad SMARTS) is 1. The molecule has 0 heterocycles. The first kappa shape index (κ1) is 60.2. The molecule has 25 nitrogen and oxygen atoms in total. The predicted octanol–water partition coefficient (Wildman–Crippen LogP) is -2.20. The molecule has 0 bridgehead atoms. The number of hydrogen-bond donors (Lipinski definition) is 7. The first-order valence-electron chi connectivity index (χ1n) is 21.2. The Labute approximate surface area is 379 Å². The Balaban J connectivity index is 3.82. The highest BCUT2D eigenvalue weighted by Gasteiger charge is 2.29. The molecule has 0 unspecified atom stereocenters. The summed E-state index contributed by atoms with van der Waals surface area (Å²) in [5, 5.41) is 22.5. The maximum Gasteiger partial charge on any atom is 0.408 e. The van der Waals surface area contributed by atoms with Gasteiger partial charge in [0, 0.05) is 6.54 Å². The maximum atomic E-state index is 12.8. The van der Waals surface area contributed by atoms with Crippen molar-refractivity contribution in [2.45, 2.75) is 71.6 Å². The largest absolute Gasteiger partial charge is 0.481 e. The van der Waals surface area contributed by atoms with Crippen LogP contribution in [0.3, 0.4) is 0 Å². The highest BCUT2D eigenvalue weighted by Crippen LogP contribution is 2.11. The number of carboxylic acids is 1. The molecule has 0 radical (unpaired) electrons. The van der Waals surface area contributed by atoms with Crippen molar-refractivity contribution in [3.63, 3.8) is 0 Å². The van der Waals surface area contributed by atoms with Crippen molar-refractivity contribution in [1.82, 2.24) is 31.9 Å². The first-order valence-corrected chi connectivity index (χ1v) is 21.2. The zero-order chi connectivity index (χ0) is 48.8. The molecule has 65 heavy (non-hydrogen) atoms. The van der Waals surface area contributed by atoms with Crippen molar-refractivity contribution in [1.29, 1.82) is 0 Å². The quantitative estimate of drug-likeness (QED) is 0.0254. The van der Waals surface area contributed by atoms with E-state index in [1.165, 1.54) is 0 Å². The van der Waals surface area contributed by atoms with Gasteiger partial charge in [0.25, 0.3) is 0 Å². The van der Waals surface area contributed by atoms with Crippen LogP contribution in [0.15, 0.2) is 0 Å². The average molecular weight is 941 g/mol. The molecule has 376 valence electrons. The zero-order valence-corrected chi connectivity index (χ0v) is 38.6. The van der Waals surface area contributed by atoms with Gasteiger partial charge in [-0.05, 0) is 41.5 Å². The summed E-state index contributed by atoms with van der Waals surface area (Å²) in [6.45, 7) is 13.7. The van der Waals surface area contributed by atoms with Crippen LogP contribution < -0.4 is 31.9 Å². The molecule has 0 spiro atoms. The molecule has 0 aliphatic heterocycles. The van der Waals surface area contributed by atoms with Crippen molar-refractivity contribution in [3.8, 4) is 0 Å². The molecule has 7 N–H and O–H groups in total. The summed E-state index contributed by atoms with van der Waals surface area (Å²) in [4.78, 5) is 96.1. The van der Waals surface area contributed by atoms with Crippen LogP contribution >= 0.6 is 0 Å². The lowest BCUT2D eigenvalue weighted by molar-refractivity contribution is -0.156. The Morgan fingerprint density at radius 1 is 0.431 bits per heavy atom. The Morgan fingerprint density at radius 2 is 0.754 bits per heavy atom. The van der Waals surface area contributed by atoms with Crippen molar-refractivity contribution in [3.05, 3.63) is 0 Å². The Hall–Kier alpha value is -4.76. The molecule has 1 atom stereocenters. The van der Waals surface area contributed by atoms with E-state index < -0.39 is 90.9 Å². The van der Waals surface area contributed by atoms with E-state index in [9.17, 15) is 38.4 Å². The molecule has 0 rings (SSSR count). The summed E-state index contributed by atoms with van der Waals surface area (Å²) >= 11 is 0. The van der Waals surface area contributed by atoms with Crippen LogP contribution in [0.5, 0.6) is 0 Å². The summed E-state index contributed by atoms with van der Waals surface area (Å²) in [5.41, 5.74) is -1.74. The number of hydrogen-bond acceptors (Lipinski definition) is 18. The maximum absolute atomic E-state index is 12.8. The molecule has 6 amide bonds. The van der Waals surface area contributed by atoms with Gasteiger partial charge < -0.3 is 84.4 Å². The summed E-state index contributed by atoms with van der Waals surface area (Å²) in [6.07, 6.45) is -1.54. The number of alkyl carbamates (subject to hydrolysis) is 1. The average Bonchev–Trinajstić information content (AvgIpc) is 3.21. The number of carbonyl (C=O) groups is 8.